The maximum Gasteiger partial charge on any atom is 0.177 e. The topological polar surface area (TPSA) is 29.9 Å². The van der Waals surface area contributed by atoms with Gasteiger partial charge in [0.25, 0.3) is 0 Å². The van der Waals surface area contributed by atoms with E-state index in [0.29, 0.717) is 12.1 Å². The lowest BCUT2D eigenvalue weighted by Crippen LogP contribution is -2.30. The van der Waals surface area contributed by atoms with Crippen molar-refractivity contribution in [2.75, 3.05) is 7.05 Å². The van der Waals surface area contributed by atoms with Gasteiger partial charge in [0.1, 0.15) is 0 Å². The molecule has 14 heavy (non-hydrogen) atoms. The van der Waals surface area contributed by atoms with Crippen LogP contribution in [0.25, 0.3) is 0 Å². The first-order valence-corrected chi connectivity index (χ1v) is 5.96. The lowest BCUT2D eigenvalue weighted by molar-refractivity contribution is 0.297. The van der Waals surface area contributed by atoms with Crippen molar-refractivity contribution < 1.29 is 0 Å². The van der Waals surface area contributed by atoms with E-state index in [1.54, 1.807) is 0 Å². The van der Waals surface area contributed by atoms with Crippen LogP contribution in [0.5, 0.6) is 0 Å². The van der Waals surface area contributed by atoms with Crippen molar-refractivity contribution in [3.05, 3.63) is 17.1 Å². The van der Waals surface area contributed by atoms with Gasteiger partial charge in [-0.2, -0.15) is 0 Å². The number of hydrogen-bond donors (Lipinski definition) is 1. The number of imidazole rings is 1. The van der Waals surface area contributed by atoms with E-state index in [4.69, 9.17) is 0 Å². The lowest BCUT2D eigenvalue weighted by atomic mass is 9.91. The van der Waals surface area contributed by atoms with Crippen molar-refractivity contribution in [2.45, 2.75) is 37.8 Å². The van der Waals surface area contributed by atoms with Gasteiger partial charge in [-0.3, -0.25) is 0 Å². The number of halogens is 1. The molecular formula is C10H16BrN3. The average molecular weight is 258 g/mol. The number of hydrogen-bond acceptors (Lipinski definition) is 2. The van der Waals surface area contributed by atoms with E-state index in [2.05, 4.69) is 44.0 Å². The highest BCUT2D eigenvalue weighted by Crippen LogP contribution is 2.30. The Bertz CT molecular complexity index is 289. The fourth-order valence-corrected chi connectivity index (χ4v) is 2.74. The van der Waals surface area contributed by atoms with Crippen molar-refractivity contribution in [3.63, 3.8) is 0 Å². The third kappa shape index (κ3) is 2.01. The minimum absolute atomic E-state index is 0.636. The van der Waals surface area contributed by atoms with Crippen molar-refractivity contribution in [1.82, 2.24) is 14.9 Å². The van der Waals surface area contributed by atoms with Crippen molar-refractivity contribution in [2.24, 2.45) is 0 Å². The third-order valence-electron chi connectivity index (χ3n) is 3.12. The first-order chi connectivity index (χ1) is 6.81. The van der Waals surface area contributed by atoms with Crippen LogP contribution in [0.4, 0.5) is 0 Å². The Hall–Kier alpha value is -0.350. The van der Waals surface area contributed by atoms with Gasteiger partial charge in [0.2, 0.25) is 0 Å². The maximum absolute atomic E-state index is 4.20. The van der Waals surface area contributed by atoms with Crippen LogP contribution < -0.4 is 5.32 Å². The Morgan fingerprint density at radius 2 is 2.14 bits per heavy atom. The van der Waals surface area contributed by atoms with Crippen LogP contribution in [-0.4, -0.2) is 22.6 Å². The van der Waals surface area contributed by atoms with Crippen LogP contribution in [0.2, 0.25) is 0 Å². The Kier molecular flexibility index (Phi) is 3.23. The smallest absolute Gasteiger partial charge is 0.177 e. The second kappa shape index (κ2) is 4.45. The first-order valence-electron chi connectivity index (χ1n) is 5.17. The Labute approximate surface area is 93.0 Å². The third-order valence-corrected chi connectivity index (χ3v) is 3.73. The summed E-state index contributed by atoms with van der Waals surface area (Å²) in [5.74, 6) is 0. The van der Waals surface area contributed by atoms with Crippen molar-refractivity contribution in [3.8, 4) is 0 Å². The standard InChI is InChI=1S/C10H16BrN3/c1-12-8-2-4-9(5-3-8)14-7-6-13-10(14)11/h6-9,12H,2-5H2,1H3. The highest BCUT2D eigenvalue weighted by molar-refractivity contribution is 9.10. The van der Waals surface area contributed by atoms with Crippen LogP contribution in [0.3, 0.4) is 0 Å². The first kappa shape index (κ1) is 10.2. The van der Waals surface area contributed by atoms with Gasteiger partial charge in [-0.25, -0.2) is 4.98 Å². The molecule has 2 rings (SSSR count). The Morgan fingerprint density at radius 1 is 1.43 bits per heavy atom. The summed E-state index contributed by atoms with van der Waals surface area (Å²) >= 11 is 3.47. The molecule has 0 radical (unpaired) electrons. The molecular weight excluding hydrogens is 242 g/mol. The van der Waals surface area contributed by atoms with E-state index in [0.717, 1.165) is 4.73 Å². The van der Waals surface area contributed by atoms with Gasteiger partial charge < -0.3 is 9.88 Å². The fraction of sp³-hybridized carbons (Fsp3) is 0.700. The van der Waals surface area contributed by atoms with Gasteiger partial charge in [0, 0.05) is 24.5 Å². The molecule has 1 aromatic rings. The van der Waals surface area contributed by atoms with Crippen LogP contribution >= 0.6 is 15.9 Å². The predicted octanol–water partition coefficient (Wildman–Crippen LogP) is 2.35. The lowest BCUT2D eigenvalue weighted by Gasteiger charge is -2.29. The zero-order chi connectivity index (χ0) is 9.97. The number of rotatable bonds is 2. The van der Waals surface area contributed by atoms with E-state index in [9.17, 15) is 0 Å². The summed E-state index contributed by atoms with van der Waals surface area (Å²) in [6.07, 6.45) is 8.96. The summed E-state index contributed by atoms with van der Waals surface area (Å²) in [5.41, 5.74) is 0. The molecule has 1 aliphatic rings. The number of nitrogens with zero attached hydrogens (tertiary/aromatic N) is 2. The zero-order valence-corrected chi connectivity index (χ0v) is 10.00. The number of aromatic nitrogens is 2. The van der Waals surface area contributed by atoms with E-state index < -0.39 is 0 Å². The molecule has 1 N–H and O–H groups in total. The minimum Gasteiger partial charge on any atom is -0.323 e. The molecule has 0 unspecified atom stereocenters. The largest absolute Gasteiger partial charge is 0.323 e. The zero-order valence-electron chi connectivity index (χ0n) is 8.41. The molecule has 0 spiro atoms. The minimum atomic E-state index is 0.636. The molecule has 4 heteroatoms. The van der Waals surface area contributed by atoms with Crippen LogP contribution in [0, 0.1) is 0 Å². The van der Waals surface area contributed by atoms with Gasteiger partial charge in [0.15, 0.2) is 4.73 Å². The normalized spacial score (nSPS) is 27.9. The molecule has 3 nitrogen and oxygen atoms in total. The molecule has 1 saturated carbocycles. The summed E-state index contributed by atoms with van der Waals surface area (Å²) in [7, 11) is 2.05. The van der Waals surface area contributed by atoms with Crippen molar-refractivity contribution >= 4 is 15.9 Å². The van der Waals surface area contributed by atoms with Gasteiger partial charge in [-0.15, -0.1) is 0 Å². The highest BCUT2D eigenvalue weighted by atomic mass is 79.9. The predicted molar refractivity (Wildman–Crippen MR) is 60.3 cm³/mol. The highest BCUT2D eigenvalue weighted by Gasteiger charge is 2.21. The molecule has 1 heterocycles. The number of nitrogens with one attached hydrogen (secondary N) is 1. The Morgan fingerprint density at radius 3 is 2.64 bits per heavy atom. The second-order valence-electron chi connectivity index (χ2n) is 3.90. The SMILES string of the molecule is CNC1CCC(n2ccnc2Br)CC1. The monoisotopic (exact) mass is 257 g/mol. The molecule has 1 aliphatic carbocycles. The van der Waals surface area contributed by atoms with E-state index >= 15 is 0 Å². The molecule has 1 aromatic heterocycles. The quantitative estimate of drug-likeness (QED) is 0.882. The molecule has 1 fully saturated rings. The summed E-state index contributed by atoms with van der Waals surface area (Å²) in [5, 5.41) is 3.35. The molecule has 0 atom stereocenters. The van der Waals surface area contributed by atoms with E-state index in [-0.39, 0.29) is 0 Å². The summed E-state index contributed by atoms with van der Waals surface area (Å²) in [4.78, 5) is 4.20. The van der Waals surface area contributed by atoms with E-state index in [1.807, 2.05) is 6.20 Å². The van der Waals surface area contributed by atoms with Crippen LogP contribution in [0.1, 0.15) is 31.7 Å². The second-order valence-corrected chi connectivity index (χ2v) is 4.61. The fourth-order valence-electron chi connectivity index (χ4n) is 2.21. The Balaban J connectivity index is 1.99. The van der Waals surface area contributed by atoms with Crippen molar-refractivity contribution in [1.29, 1.82) is 0 Å². The van der Waals surface area contributed by atoms with Crippen LogP contribution in [0.15, 0.2) is 17.1 Å². The van der Waals surface area contributed by atoms with Gasteiger partial charge in [-0.1, -0.05) is 0 Å². The van der Waals surface area contributed by atoms with E-state index in [1.165, 1.54) is 25.7 Å². The molecule has 0 bridgehead atoms. The van der Waals surface area contributed by atoms with Crippen LogP contribution in [-0.2, 0) is 0 Å². The molecule has 78 valence electrons. The molecule has 0 aromatic carbocycles. The average Bonchev–Trinajstić information content (AvgIpc) is 2.65. The summed E-state index contributed by atoms with van der Waals surface area (Å²) < 4.78 is 3.21. The maximum atomic E-state index is 4.20. The molecule has 0 aliphatic heterocycles. The van der Waals surface area contributed by atoms with Gasteiger partial charge >= 0.3 is 0 Å². The molecule has 0 amide bonds. The molecule has 0 saturated heterocycles. The summed E-state index contributed by atoms with van der Waals surface area (Å²) in [6.45, 7) is 0. The summed E-state index contributed by atoms with van der Waals surface area (Å²) in [6, 6.07) is 1.35. The van der Waals surface area contributed by atoms with Gasteiger partial charge in [0.05, 0.1) is 0 Å². The van der Waals surface area contributed by atoms with Gasteiger partial charge in [-0.05, 0) is 48.7 Å².